The fourth-order valence-corrected chi connectivity index (χ4v) is 2.70. The van der Waals surface area contributed by atoms with Crippen LogP contribution in [0, 0.1) is 0 Å². The first kappa shape index (κ1) is 20.0. The Labute approximate surface area is 170 Å². The van der Waals surface area contributed by atoms with Crippen LogP contribution in [0.15, 0.2) is 60.1 Å². The lowest BCUT2D eigenvalue weighted by atomic mass is 10.2. The van der Waals surface area contributed by atoms with Crippen molar-refractivity contribution in [3.63, 3.8) is 0 Å². The highest BCUT2D eigenvalue weighted by molar-refractivity contribution is 14.0. The van der Waals surface area contributed by atoms with E-state index in [-0.39, 0.29) is 24.0 Å². The number of hydrogen-bond acceptors (Lipinski definition) is 3. The van der Waals surface area contributed by atoms with Crippen molar-refractivity contribution >= 4 is 29.9 Å². The number of aryl methyl sites for hydroxylation is 1. The summed E-state index contributed by atoms with van der Waals surface area (Å²) in [7, 11) is 5.73. The molecule has 2 heterocycles. The number of hydrogen-bond donors (Lipinski definition) is 1. The van der Waals surface area contributed by atoms with Gasteiger partial charge in [-0.15, -0.1) is 24.0 Å². The Kier molecular flexibility index (Phi) is 7.19. The first-order chi connectivity index (χ1) is 12.2. The molecule has 0 atom stereocenters. The van der Waals surface area contributed by atoms with Crippen LogP contribution in [0.25, 0.3) is 5.69 Å². The first-order valence-corrected chi connectivity index (χ1v) is 8.14. The van der Waals surface area contributed by atoms with Crippen LogP contribution in [0.3, 0.4) is 0 Å². The number of rotatable bonds is 5. The van der Waals surface area contributed by atoms with Crippen molar-refractivity contribution in [3.05, 3.63) is 66.2 Å². The molecule has 0 aliphatic carbocycles. The third-order valence-electron chi connectivity index (χ3n) is 3.88. The summed E-state index contributed by atoms with van der Waals surface area (Å²) in [5, 5.41) is 11.9. The second-order valence-corrected chi connectivity index (χ2v) is 5.90. The molecule has 0 radical (unpaired) electrons. The van der Waals surface area contributed by atoms with Gasteiger partial charge in [0.25, 0.3) is 0 Å². The minimum Gasteiger partial charge on any atom is -0.352 e. The lowest BCUT2D eigenvalue weighted by molar-refractivity contribution is 0.476. The topological polar surface area (TPSA) is 63.3 Å². The molecular weight excluding hydrogens is 441 g/mol. The van der Waals surface area contributed by atoms with Gasteiger partial charge < -0.3 is 10.2 Å². The zero-order valence-corrected chi connectivity index (χ0v) is 17.5. The Hall–Kier alpha value is -2.36. The van der Waals surface area contributed by atoms with E-state index in [4.69, 9.17) is 0 Å². The average Bonchev–Trinajstić information content (AvgIpc) is 3.28. The highest BCUT2D eigenvalue weighted by atomic mass is 127. The molecule has 0 unspecified atom stereocenters. The van der Waals surface area contributed by atoms with Crippen molar-refractivity contribution in [1.29, 1.82) is 0 Å². The SMILES string of the molecule is CN=C(NCc1cccc(-n2cccn2)c1)N(C)Cc1cnn(C)c1.I. The van der Waals surface area contributed by atoms with Gasteiger partial charge in [0.05, 0.1) is 11.9 Å². The molecule has 26 heavy (non-hydrogen) atoms. The van der Waals surface area contributed by atoms with Crippen LogP contribution in [0.1, 0.15) is 11.1 Å². The largest absolute Gasteiger partial charge is 0.352 e. The number of nitrogens with zero attached hydrogens (tertiary/aromatic N) is 6. The van der Waals surface area contributed by atoms with Gasteiger partial charge in [0, 0.05) is 58.4 Å². The van der Waals surface area contributed by atoms with Gasteiger partial charge in [-0.05, 0) is 23.8 Å². The summed E-state index contributed by atoms with van der Waals surface area (Å²) in [5.74, 6) is 0.841. The van der Waals surface area contributed by atoms with Crippen LogP contribution >= 0.6 is 24.0 Å². The third kappa shape index (κ3) is 5.07. The van der Waals surface area contributed by atoms with Gasteiger partial charge >= 0.3 is 0 Å². The predicted octanol–water partition coefficient (Wildman–Crippen LogP) is 2.43. The number of halogens is 1. The van der Waals surface area contributed by atoms with Gasteiger partial charge in [-0.1, -0.05) is 12.1 Å². The summed E-state index contributed by atoms with van der Waals surface area (Å²) in [4.78, 5) is 6.44. The molecule has 2 aromatic heterocycles. The van der Waals surface area contributed by atoms with Crippen molar-refractivity contribution in [1.82, 2.24) is 29.8 Å². The van der Waals surface area contributed by atoms with Gasteiger partial charge in [0.1, 0.15) is 0 Å². The van der Waals surface area contributed by atoms with Crippen LogP contribution in [0.5, 0.6) is 0 Å². The standard InChI is InChI=1S/C18H23N7.HI/c1-19-18(23(2)13-16-12-22-24(3)14-16)20-11-15-6-4-7-17(10-15)25-9-5-8-21-25;/h4-10,12,14H,11,13H2,1-3H3,(H,19,20);1H. The van der Waals surface area contributed by atoms with Crippen LogP contribution in [-0.2, 0) is 20.1 Å². The van der Waals surface area contributed by atoms with E-state index in [1.54, 1.807) is 17.9 Å². The Morgan fingerprint density at radius 1 is 1.23 bits per heavy atom. The Balaban J connectivity index is 0.00000243. The van der Waals surface area contributed by atoms with Gasteiger partial charge in [0.15, 0.2) is 5.96 Å². The summed E-state index contributed by atoms with van der Waals surface area (Å²) in [5.41, 5.74) is 3.36. The number of nitrogens with one attached hydrogen (secondary N) is 1. The average molecular weight is 465 g/mol. The van der Waals surface area contributed by atoms with Crippen molar-refractivity contribution < 1.29 is 0 Å². The van der Waals surface area contributed by atoms with Crippen molar-refractivity contribution in [3.8, 4) is 5.69 Å². The third-order valence-corrected chi connectivity index (χ3v) is 3.88. The van der Waals surface area contributed by atoms with E-state index in [1.165, 1.54) is 5.56 Å². The zero-order chi connectivity index (χ0) is 17.6. The number of aromatic nitrogens is 4. The van der Waals surface area contributed by atoms with Crippen molar-refractivity contribution in [2.24, 2.45) is 12.0 Å². The summed E-state index contributed by atoms with van der Waals surface area (Å²) in [6.07, 6.45) is 7.60. The molecule has 138 valence electrons. The van der Waals surface area contributed by atoms with Gasteiger partial charge in [-0.3, -0.25) is 9.67 Å². The lowest BCUT2D eigenvalue weighted by Crippen LogP contribution is -2.38. The molecule has 3 rings (SSSR count). The predicted molar refractivity (Wildman–Crippen MR) is 114 cm³/mol. The summed E-state index contributed by atoms with van der Waals surface area (Å²) >= 11 is 0. The minimum absolute atomic E-state index is 0. The van der Waals surface area contributed by atoms with Crippen LogP contribution in [0.4, 0.5) is 0 Å². The van der Waals surface area contributed by atoms with Crippen LogP contribution < -0.4 is 5.32 Å². The van der Waals surface area contributed by atoms with E-state index in [0.717, 1.165) is 23.8 Å². The number of benzene rings is 1. The molecule has 0 saturated heterocycles. The Bertz CT molecular complexity index is 839. The molecule has 3 aromatic rings. The van der Waals surface area contributed by atoms with E-state index in [0.29, 0.717) is 6.54 Å². The second-order valence-electron chi connectivity index (χ2n) is 5.90. The van der Waals surface area contributed by atoms with E-state index >= 15 is 0 Å². The monoisotopic (exact) mass is 465 g/mol. The highest BCUT2D eigenvalue weighted by Crippen LogP contribution is 2.10. The maximum atomic E-state index is 4.37. The summed E-state index contributed by atoms with van der Waals surface area (Å²) in [6.45, 7) is 1.44. The molecule has 0 amide bonds. The van der Waals surface area contributed by atoms with E-state index < -0.39 is 0 Å². The maximum absolute atomic E-state index is 4.37. The van der Waals surface area contributed by atoms with Gasteiger partial charge in [0.2, 0.25) is 0 Å². The number of guanidine groups is 1. The lowest BCUT2D eigenvalue weighted by Gasteiger charge is -2.21. The Morgan fingerprint density at radius 2 is 2.08 bits per heavy atom. The molecule has 1 aromatic carbocycles. The summed E-state index contributed by atoms with van der Waals surface area (Å²) in [6, 6.07) is 10.2. The highest BCUT2D eigenvalue weighted by Gasteiger charge is 2.08. The maximum Gasteiger partial charge on any atom is 0.193 e. The molecule has 1 N–H and O–H groups in total. The quantitative estimate of drug-likeness (QED) is 0.357. The molecule has 0 bridgehead atoms. The van der Waals surface area contributed by atoms with Gasteiger partial charge in [-0.2, -0.15) is 10.2 Å². The van der Waals surface area contributed by atoms with Crippen LogP contribution in [-0.4, -0.2) is 44.5 Å². The fraction of sp³-hybridized carbons (Fsp3) is 0.278. The number of aliphatic imine (C=N–C) groups is 1. The first-order valence-electron chi connectivity index (χ1n) is 8.14. The molecular formula is C18H24IN7. The minimum atomic E-state index is 0. The van der Waals surface area contributed by atoms with Gasteiger partial charge in [-0.25, -0.2) is 4.68 Å². The second kappa shape index (κ2) is 9.37. The Morgan fingerprint density at radius 3 is 2.73 bits per heavy atom. The molecule has 8 heteroatoms. The normalized spacial score (nSPS) is 11.1. The van der Waals surface area contributed by atoms with Crippen molar-refractivity contribution in [2.75, 3.05) is 14.1 Å². The summed E-state index contributed by atoms with van der Waals surface area (Å²) < 4.78 is 3.66. The molecule has 0 saturated carbocycles. The molecule has 0 aliphatic heterocycles. The van der Waals surface area contributed by atoms with Crippen molar-refractivity contribution in [2.45, 2.75) is 13.1 Å². The van der Waals surface area contributed by atoms with E-state index in [2.05, 4.69) is 37.5 Å². The fourth-order valence-electron chi connectivity index (χ4n) is 2.70. The molecule has 7 nitrogen and oxygen atoms in total. The van der Waals surface area contributed by atoms with E-state index in [1.807, 2.05) is 55.6 Å². The molecule has 0 spiro atoms. The molecule has 0 aliphatic rings. The van der Waals surface area contributed by atoms with Crippen LogP contribution in [0.2, 0.25) is 0 Å². The smallest absolute Gasteiger partial charge is 0.193 e. The van der Waals surface area contributed by atoms with E-state index in [9.17, 15) is 0 Å². The zero-order valence-electron chi connectivity index (χ0n) is 15.2. The molecule has 0 fully saturated rings.